The Balaban J connectivity index is 1.83. The summed E-state index contributed by atoms with van der Waals surface area (Å²) >= 11 is 15.2. The van der Waals surface area contributed by atoms with Gasteiger partial charge in [0.25, 0.3) is 11.1 Å². The van der Waals surface area contributed by atoms with Crippen LogP contribution < -0.4 is 9.47 Å². The smallest absolute Gasteiger partial charge is 0.344 e. The zero-order chi connectivity index (χ0) is 24.1. The Morgan fingerprint density at radius 2 is 1.91 bits per heavy atom. The summed E-state index contributed by atoms with van der Waals surface area (Å²) in [6.07, 6.45) is 1.60. The normalized spacial score (nSPS) is 14.7. The van der Waals surface area contributed by atoms with E-state index in [1.165, 1.54) is 7.11 Å². The van der Waals surface area contributed by atoms with Crippen molar-refractivity contribution in [2.75, 3.05) is 20.3 Å². The summed E-state index contributed by atoms with van der Waals surface area (Å²) < 4.78 is 16.5. The van der Waals surface area contributed by atoms with Gasteiger partial charge in [-0.2, -0.15) is 0 Å². The summed E-state index contributed by atoms with van der Waals surface area (Å²) in [5.41, 5.74) is 1.13. The number of thioether (sulfide) groups is 1. The first-order valence-corrected chi connectivity index (χ1v) is 12.2. The summed E-state index contributed by atoms with van der Waals surface area (Å²) in [7, 11) is 1.47. The van der Waals surface area contributed by atoms with Crippen LogP contribution in [0.25, 0.3) is 6.08 Å². The average Bonchev–Trinajstić information content (AvgIpc) is 3.02. The van der Waals surface area contributed by atoms with Crippen LogP contribution in [0.15, 0.2) is 35.2 Å². The van der Waals surface area contributed by atoms with Crippen LogP contribution in [0.1, 0.15) is 18.1 Å². The Bertz CT molecular complexity index is 1120. The predicted octanol–water partition coefficient (Wildman–Crippen LogP) is 5.79. The van der Waals surface area contributed by atoms with Gasteiger partial charge < -0.3 is 14.2 Å². The molecule has 2 amide bonds. The molecule has 1 aliphatic rings. The van der Waals surface area contributed by atoms with Gasteiger partial charge in [0.2, 0.25) is 0 Å². The topological polar surface area (TPSA) is 82.1 Å². The van der Waals surface area contributed by atoms with Gasteiger partial charge in [-0.25, -0.2) is 4.79 Å². The van der Waals surface area contributed by atoms with E-state index in [0.29, 0.717) is 36.2 Å². The van der Waals surface area contributed by atoms with Crippen molar-refractivity contribution < 1.29 is 28.6 Å². The highest BCUT2D eigenvalue weighted by atomic mass is 127. The minimum Gasteiger partial charge on any atom is -0.493 e. The van der Waals surface area contributed by atoms with Crippen LogP contribution in [0.4, 0.5) is 4.79 Å². The van der Waals surface area contributed by atoms with E-state index in [4.69, 9.17) is 37.4 Å². The molecule has 0 spiro atoms. The van der Waals surface area contributed by atoms with Gasteiger partial charge in [-0.1, -0.05) is 29.3 Å². The Morgan fingerprint density at radius 3 is 2.55 bits per heavy atom. The fourth-order valence-corrected chi connectivity index (χ4v) is 5.06. The number of benzene rings is 2. The number of amides is 2. The molecule has 1 fully saturated rings. The van der Waals surface area contributed by atoms with Gasteiger partial charge in [0.1, 0.15) is 0 Å². The quantitative estimate of drug-likeness (QED) is 0.210. The van der Waals surface area contributed by atoms with Crippen LogP contribution in [0.2, 0.25) is 10.0 Å². The summed E-state index contributed by atoms with van der Waals surface area (Å²) in [5.74, 6) is -0.186. The van der Waals surface area contributed by atoms with E-state index >= 15 is 0 Å². The van der Waals surface area contributed by atoms with Crippen molar-refractivity contribution in [1.29, 1.82) is 0 Å². The van der Waals surface area contributed by atoms with Crippen molar-refractivity contribution in [3.8, 4) is 11.5 Å². The maximum Gasteiger partial charge on any atom is 0.344 e. The third-order valence-corrected chi connectivity index (χ3v) is 6.86. The molecule has 3 rings (SSSR count). The van der Waals surface area contributed by atoms with Gasteiger partial charge in [0, 0.05) is 15.6 Å². The van der Waals surface area contributed by atoms with Crippen LogP contribution in [0.3, 0.4) is 0 Å². The third kappa shape index (κ3) is 6.14. The molecular formula is C22H18Cl2INO6S. The molecule has 7 nitrogen and oxygen atoms in total. The van der Waals surface area contributed by atoms with Crippen molar-refractivity contribution in [2.24, 2.45) is 0 Å². The van der Waals surface area contributed by atoms with E-state index in [0.717, 1.165) is 16.7 Å². The SMILES string of the molecule is CCOC(=O)COc1c(I)cc(/C=C2/SC(=O)N(Cc3c(Cl)cccc3Cl)C2=O)cc1OC. The van der Waals surface area contributed by atoms with Crippen LogP contribution >= 0.6 is 57.6 Å². The van der Waals surface area contributed by atoms with Gasteiger partial charge in [0.05, 0.1) is 28.7 Å². The predicted molar refractivity (Wildman–Crippen MR) is 136 cm³/mol. The highest BCUT2D eigenvalue weighted by Crippen LogP contribution is 2.38. The molecule has 1 heterocycles. The average molecular weight is 622 g/mol. The van der Waals surface area contributed by atoms with Crippen LogP contribution in [0, 0.1) is 3.57 Å². The number of halogens is 3. The van der Waals surface area contributed by atoms with Crippen molar-refractivity contribution in [3.05, 3.63) is 60.0 Å². The largest absolute Gasteiger partial charge is 0.493 e. The lowest BCUT2D eigenvalue weighted by Gasteiger charge is -2.15. The van der Waals surface area contributed by atoms with Gasteiger partial charge in [-0.3, -0.25) is 14.5 Å². The molecule has 0 N–H and O–H groups in total. The Hall–Kier alpha value is -1.95. The zero-order valence-corrected chi connectivity index (χ0v) is 22.0. The fraction of sp³-hybridized carbons (Fsp3) is 0.227. The molecule has 2 aromatic rings. The number of rotatable bonds is 8. The molecule has 0 saturated carbocycles. The number of nitrogens with zero attached hydrogens (tertiary/aromatic N) is 1. The highest BCUT2D eigenvalue weighted by Gasteiger charge is 2.35. The van der Waals surface area contributed by atoms with Gasteiger partial charge in [-0.05, 0) is 77.2 Å². The first-order valence-electron chi connectivity index (χ1n) is 9.59. The highest BCUT2D eigenvalue weighted by molar-refractivity contribution is 14.1. The molecule has 0 aromatic heterocycles. The third-order valence-electron chi connectivity index (χ3n) is 4.44. The summed E-state index contributed by atoms with van der Waals surface area (Å²) in [5, 5.41) is 0.338. The molecule has 11 heteroatoms. The lowest BCUT2D eigenvalue weighted by Crippen LogP contribution is -2.27. The number of hydrogen-bond acceptors (Lipinski definition) is 7. The van der Waals surface area contributed by atoms with Gasteiger partial charge in [0.15, 0.2) is 18.1 Å². The van der Waals surface area contributed by atoms with Crippen molar-refractivity contribution in [1.82, 2.24) is 4.90 Å². The van der Waals surface area contributed by atoms with Gasteiger partial charge in [-0.15, -0.1) is 0 Å². The molecule has 1 aliphatic heterocycles. The van der Waals surface area contributed by atoms with E-state index in [2.05, 4.69) is 0 Å². The molecule has 1 saturated heterocycles. The van der Waals surface area contributed by atoms with Crippen LogP contribution in [-0.4, -0.2) is 42.3 Å². The molecule has 33 heavy (non-hydrogen) atoms. The monoisotopic (exact) mass is 621 g/mol. The maximum absolute atomic E-state index is 12.9. The van der Waals surface area contributed by atoms with Gasteiger partial charge >= 0.3 is 5.97 Å². The summed E-state index contributed by atoms with van der Waals surface area (Å²) in [4.78, 5) is 38.4. The van der Waals surface area contributed by atoms with E-state index in [1.54, 1.807) is 43.3 Å². The standard InChI is InChI=1S/C22H18Cl2INO6S/c1-3-31-19(27)11-32-20-16(25)7-12(8-17(20)30-2)9-18-21(28)26(22(29)33-18)10-13-14(23)5-4-6-15(13)24/h4-9H,3,10-11H2,1-2H3/b18-9+. The number of imide groups is 1. The lowest BCUT2D eigenvalue weighted by atomic mass is 10.1. The molecule has 0 atom stereocenters. The molecule has 174 valence electrons. The first-order chi connectivity index (χ1) is 15.7. The Kier molecular flexibility index (Phi) is 8.91. The zero-order valence-electron chi connectivity index (χ0n) is 17.5. The first kappa shape index (κ1) is 25.7. The second-order valence-corrected chi connectivity index (χ2v) is 9.57. The number of hydrogen-bond donors (Lipinski definition) is 0. The second kappa shape index (κ2) is 11.5. The van der Waals surface area contributed by atoms with Crippen molar-refractivity contribution >= 4 is 80.7 Å². The van der Waals surface area contributed by atoms with E-state index in [9.17, 15) is 14.4 Å². The van der Waals surface area contributed by atoms with E-state index in [-0.39, 0.29) is 24.7 Å². The van der Waals surface area contributed by atoms with Crippen molar-refractivity contribution in [2.45, 2.75) is 13.5 Å². The Labute approximate surface area is 218 Å². The molecule has 0 aliphatic carbocycles. The molecule has 2 aromatic carbocycles. The maximum atomic E-state index is 12.9. The number of esters is 1. The van der Waals surface area contributed by atoms with Crippen LogP contribution in [0.5, 0.6) is 11.5 Å². The fourth-order valence-electron chi connectivity index (χ4n) is 2.93. The Morgan fingerprint density at radius 1 is 1.21 bits per heavy atom. The van der Waals surface area contributed by atoms with Crippen molar-refractivity contribution in [3.63, 3.8) is 0 Å². The van der Waals surface area contributed by atoms with E-state index < -0.39 is 17.1 Å². The number of methoxy groups -OCH3 is 1. The number of carbonyl (C=O) groups is 3. The minimum atomic E-state index is -0.494. The molecule has 0 unspecified atom stereocenters. The summed E-state index contributed by atoms with van der Waals surface area (Å²) in [6.45, 7) is 1.68. The molecular weight excluding hydrogens is 604 g/mol. The van der Waals surface area contributed by atoms with Crippen LogP contribution in [-0.2, 0) is 20.9 Å². The molecule has 0 bridgehead atoms. The summed E-state index contributed by atoms with van der Waals surface area (Å²) in [6, 6.07) is 8.40. The second-order valence-electron chi connectivity index (χ2n) is 6.60. The number of ether oxygens (including phenoxy) is 3. The number of carbonyl (C=O) groups excluding carboxylic acids is 3. The van der Waals surface area contributed by atoms with E-state index in [1.807, 2.05) is 22.6 Å². The minimum absolute atomic E-state index is 0.0258. The molecule has 0 radical (unpaired) electrons. The lowest BCUT2D eigenvalue weighted by molar-refractivity contribution is -0.145.